The van der Waals surface area contributed by atoms with E-state index >= 15 is 0 Å². The molecule has 82 valence electrons. The molecule has 0 radical (unpaired) electrons. The quantitative estimate of drug-likeness (QED) is 0.705. The van der Waals surface area contributed by atoms with Crippen LogP contribution < -0.4 is 0 Å². The first-order chi connectivity index (χ1) is 6.95. The summed E-state index contributed by atoms with van der Waals surface area (Å²) in [5, 5.41) is 10.0. The van der Waals surface area contributed by atoms with Gasteiger partial charge in [-0.1, -0.05) is 24.3 Å². The highest BCUT2D eigenvalue weighted by molar-refractivity contribution is 7.86. The smallest absolute Gasteiger partial charge is 0.299 e. The van der Waals surface area contributed by atoms with E-state index in [0.717, 1.165) is 12.0 Å². The van der Waals surface area contributed by atoms with Crippen LogP contribution in [0.3, 0.4) is 0 Å². The first kappa shape index (κ1) is 10.6. The molecule has 0 heterocycles. The molecule has 0 saturated carbocycles. The summed E-state index contributed by atoms with van der Waals surface area (Å²) in [6, 6.07) is 6.75. The first-order valence-corrected chi connectivity index (χ1v) is 6.17. The fraction of sp³-hybridized carbons (Fsp3) is 0.400. The summed E-state index contributed by atoms with van der Waals surface area (Å²) in [4.78, 5) is -2.12. The standard InChI is InChI=1S/C10H12O4S/c11-10(15(12,13)14)7-3-5-8-4-1-2-6-9(8)10/h1-2,4,6,11H,3,5,7H2,(H,12,13,14). The van der Waals surface area contributed by atoms with E-state index in [2.05, 4.69) is 0 Å². The molecule has 0 fully saturated rings. The van der Waals surface area contributed by atoms with Crippen molar-refractivity contribution in [3.63, 3.8) is 0 Å². The predicted molar refractivity (Wildman–Crippen MR) is 54.8 cm³/mol. The highest BCUT2D eigenvalue weighted by atomic mass is 32.2. The van der Waals surface area contributed by atoms with Gasteiger partial charge in [-0.3, -0.25) is 4.55 Å². The lowest BCUT2D eigenvalue weighted by Crippen LogP contribution is -2.38. The van der Waals surface area contributed by atoms with Crippen LogP contribution in [-0.4, -0.2) is 18.1 Å². The Labute approximate surface area is 88.3 Å². The fourth-order valence-electron chi connectivity index (χ4n) is 2.04. The minimum absolute atomic E-state index is 0.0445. The molecule has 0 spiro atoms. The molecule has 0 saturated heterocycles. The van der Waals surface area contributed by atoms with Crippen LogP contribution in [0.1, 0.15) is 24.0 Å². The van der Waals surface area contributed by atoms with E-state index in [0.29, 0.717) is 12.0 Å². The molecular weight excluding hydrogens is 216 g/mol. The Balaban J connectivity index is 2.65. The zero-order valence-corrected chi connectivity index (χ0v) is 8.87. The molecule has 15 heavy (non-hydrogen) atoms. The molecular formula is C10H12O4S. The maximum atomic E-state index is 11.2. The van der Waals surface area contributed by atoms with Gasteiger partial charge in [-0.25, -0.2) is 0 Å². The molecule has 2 rings (SSSR count). The monoisotopic (exact) mass is 228 g/mol. The van der Waals surface area contributed by atoms with Gasteiger partial charge in [0.2, 0.25) is 4.93 Å². The van der Waals surface area contributed by atoms with Crippen LogP contribution in [0.5, 0.6) is 0 Å². The summed E-state index contributed by atoms with van der Waals surface area (Å²) in [5.41, 5.74) is 1.09. The van der Waals surface area contributed by atoms with Crippen molar-refractivity contribution in [2.45, 2.75) is 24.2 Å². The van der Waals surface area contributed by atoms with Crippen LogP contribution in [0, 0.1) is 0 Å². The van der Waals surface area contributed by atoms with Crippen molar-refractivity contribution in [1.82, 2.24) is 0 Å². The minimum Gasteiger partial charge on any atom is -0.369 e. The van der Waals surface area contributed by atoms with E-state index in [1.807, 2.05) is 0 Å². The van der Waals surface area contributed by atoms with E-state index in [-0.39, 0.29) is 6.42 Å². The number of fused-ring (bicyclic) bond motifs is 1. The molecule has 1 atom stereocenters. The van der Waals surface area contributed by atoms with E-state index in [1.54, 1.807) is 24.3 Å². The van der Waals surface area contributed by atoms with Crippen molar-refractivity contribution in [2.75, 3.05) is 0 Å². The van der Waals surface area contributed by atoms with Crippen molar-refractivity contribution < 1.29 is 18.1 Å². The zero-order chi connectivity index (χ0) is 11.1. The number of rotatable bonds is 1. The number of hydrogen-bond donors (Lipinski definition) is 2. The summed E-state index contributed by atoms with van der Waals surface area (Å²) in [6.45, 7) is 0. The summed E-state index contributed by atoms with van der Waals surface area (Å²) >= 11 is 0. The van der Waals surface area contributed by atoms with Crippen LogP contribution in [0.4, 0.5) is 0 Å². The third-order valence-electron chi connectivity index (χ3n) is 2.83. The third-order valence-corrected chi connectivity index (χ3v) is 4.10. The SMILES string of the molecule is O=S(=O)(O)C1(O)CCCc2ccccc21. The summed E-state index contributed by atoms with van der Waals surface area (Å²) in [6.07, 6.45) is 1.32. The average Bonchev–Trinajstić information content (AvgIpc) is 2.17. The van der Waals surface area contributed by atoms with Gasteiger partial charge in [-0.15, -0.1) is 0 Å². The lowest BCUT2D eigenvalue weighted by atomic mass is 9.89. The largest absolute Gasteiger partial charge is 0.369 e. The molecule has 0 aliphatic heterocycles. The Morgan fingerprint density at radius 1 is 1.27 bits per heavy atom. The van der Waals surface area contributed by atoms with E-state index in [9.17, 15) is 13.5 Å². The Hall–Kier alpha value is -0.910. The van der Waals surface area contributed by atoms with Gasteiger partial charge in [-0.05, 0) is 24.8 Å². The lowest BCUT2D eigenvalue weighted by molar-refractivity contribution is 0.0931. The Morgan fingerprint density at radius 3 is 2.60 bits per heavy atom. The third kappa shape index (κ3) is 1.56. The van der Waals surface area contributed by atoms with Gasteiger partial charge in [-0.2, -0.15) is 8.42 Å². The molecule has 0 aromatic heterocycles. The van der Waals surface area contributed by atoms with Crippen LogP contribution in [0.25, 0.3) is 0 Å². The van der Waals surface area contributed by atoms with Crippen molar-refractivity contribution in [2.24, 2.45) is 0 Å². The lowest BCUT2D eigenvalue weighted by Gasteiger charge is -2.31. The van der Waals surface area contributed by atoms with Gasteiger partial charge in [0.05, 0.1) is 0 Å². The minimum atomic E-state index is -4.48. The van der Waals surface area contributed by atoms with Gasteiger partial charge < -0.3 is 5.11 Å². The van der Waals surface area contributed by atoms with Crippen LogP contribution in [-0.2, 0) is 21.5 Å². The zero-order valence-electron chi connectivity index (χ0n) is 8.05. The topological polar surface area (TPSA) is 74.6 Å². The Bertz CT molecular complexity index is 480. The molecule has 1 aromatic carbocycles. The van der Waals surface area contributed by atoms with Gasteiger partial charge >= 0.3 is 0 Å². The van der Waals surface area contributed by atoms with Crippen molar-refractivity contribution in [3.8, 4) is 0 Å². The predicted octanol–water partition coefficient (Wildman–Crippen LogP) is 1.06. The van der Waals surface area contributed by atoms with E-state index < -0.39 is 15.1 Å². The molecule has 4 nitrogen and oxygen atoms in total. The number of aliphatic hydroxyl groups is 1. The molecule has 0 bridgehead atoms. The maximum absolute atomic E-state index is 11.2. The molecule has 1 aliphatic carbocycles. The van der Waals surface area contributed by atoms with Gasteiger partial charge in [0.25, 0.3) is 10.1 Å². The summed E-state index contributed by atoms with van der Waals surface area (Å²) in [5.74, 6) is 0. The number of hydrogen-bond acceptors (Lipinski definition) is 3. The number of benzene rings is 1. The Kier molecular flexibility index (Phi) is 2.33. The van der Waals surface area contributed by atoms with E-state index in [4.69, 9.17) is 4.55 Å². The second kappa shape index (κ2) is 3.30. The normalized spacial score (nSPS) is 26.0. The summed E-state index contributed by atoms with van der Waals surface area (Å²) in [7, 11) is -4.48. The van der Waals surface area contributed by atoms with Crippen LogP contribution in [0.15, 0.2) is 24.3 Å². The van der Waals surface area contributed by atoms with Crippen LogP contribution >= 0.6 is 0 Å². The molecule has 0 amide bonds. The van der Waals surface area contributed by atoms with Gasteiger partial charge in [0, 0.05) is 5.56 Å². The van der Waals surface area contributed by atoms with Gasteiger partial charge in [0.1, 0.15) is 0 Å². The molecule has 1 unspecified atom stereocenters. The molecule has 2 N–H and O–H groups in total. The van der Waals surface area contributed by atoms with E-state index in [1.165, 1.54) is 0 Å². The van der Waals surface area contributed by atoms with Gasteiger partial charge in [0.15, 0.2) is 0 Å². The maximum Gasteiger partial charge on any atom is 0.299 e. The van der Waals surface area contributed by atoms with Crippen molar-refractivity contribution in [3.05, 3.63) is 35.4 Å². The number of aryl methyl sites for hydroxylation is 1. The summed E-state index contributed by atoms with van der Waals surface area (Å²) < 4.78 is 31.4. The van der Waals surface area contributed by atoms with Crippen molar-refractivity contribution in [1.29, 1.82) is 0 Å². The molecule has 1 aliphatic rings. The highest BCUT2D eigenvalue weighted by Crippen LogP contribution is 2.38. The first-order valence-electron chi connectivity index (χ1n) is 4.73. The fourth-order valence-corrected chi connectivity index (χ4v) is 2.92. The molecule has 5 heteroatoms. The second-order valence-electron chi connectivity index (χ2n) is 3.77. The highest BCUT2D eigenvalue weighted by Gasteiger charge is 2.45. The van der Waals surface area contributed by atoms with Crippen molar-refractivity contribution >= 4 is 10.1 Å². The average molecular weight is 228 g/mol. The molecule has 1 aromatic rings. The second-order valence-corrected chi connectivity index (χ2v) is 5.40. The Morgan fingerprint density at radius 2 is 1.93 bits per heavy atom. The van der Waals surface area contributed by atoms with Crippen LogP contribution in [0.2, 0.25) is 0 Å².